The van der Waals surface area contributed by atoms with Crippen molar-refractivity contribution in [3.8, 4) is 0 Å². The second-order valence-corrected chi connectivity index (χ2v) is 17.0. The highest BCUT2D eigenvalue weighted by atomic mass is 15.2. The first-order valence-corrected chi connectivity index (χ1v) is 21.1. The molecule has 2 saturated carbocycles. The predicted molar refractivity (Wildman–Crippen MR) is 243 cm³/mol. The Hall–Kier alpha value is -5.22. The summed E-state index contributed by atoms with van der Waals surface area (Å²) in [6.07, 6.45) is 12.9. The molecule has 0 N–H and O–H groups in total. The lowest BCUT2D eigenvalue weighted by Gasteiger charge is -2.33. The third-order valence-electron chi connectivity index (χ3n) is 12.5. The molecule has 0 amide bonds. The highest BCUT2D eigenvalue weighted by Crippen LogP contribution is 2.48. The molecule has 0 heterocycles. The summed E-state index contributed by atoms with van der Waals surface area (Å²) in [5, 5.41) is 2.88. The zero-order valence-corrected chi connectivity index (χ0v) is 34.6. The largest absolute Gasteiger partial charge is 0.378 e. The maximum absolute atomic E-state index is 2.58. The van der Waals surface area contributed by atoms with Gasteiger partial charge in [-0.1, -0.05) is 73.9 Å². The van der Waals surface area contributed by atoms with E-state index in [4.69, 9.17) is 0 Å². The SMILES string of the molecule is Cc1ccc(N(c2ccc(N(C)C)cc2)c2cc(C3CCCCC3)c3cc(N(c4ccc(C)cc4)c4ccc(N(C)C)cc4)cc(C4CCCCC4)c3c2)cc1. The van der Waals surface area contributed by atoms with Crippen LogP contribution in [-0.2, 0) is 0 Å². The zero-order valence-electron chi connectivity index (χ0n) is 34.6. The van der Waals surface area contributed by atoms with Crippen LogP contribution in [0.4, 0.5) is 45.5 Å². The fraction of sp³-hybridized carbons (Fsp3) is 0.346. The molecule has 4 nitrogen and oxygen atoms in total. The average Bonchev–Trinajstić information content (AvgIpc) is 3.23. The van der Waals surface area contributed by atoms with Gasteiger partial charge in [-0.2, -0.15) is 0 Å². The number of aryl methyl sites for hydroxylation is 2. The molecular weight excluding hydrogens is 681 g/mol. The van der Waals surface area contributed by atoms with Gasteiger partial charge < -0.3 is 19.6 Å². The van der Waals surface area contributed by atoms with E-state index in [1.807, 2.05) is 0 Å². The van der Waals surface area contributed by atoms with Crippen molar-refractivity contribution in [2.24, 2.45) is 0 Å². The van der Waals surface area contributed by atoms with E-state index in [9.17, 15) is 0 Å². The van der Waals surface area contributed by atoms with Crippen molar-refractivity contribution in [1.29, 1.82) is 0 Å². The van der Waals surface area contributed by atoms with E-state index in [-0.39, 0.29) is 0 Å². The number of nitrogens with zero attached hydrogens (tertiary/aromatic N) is 4. The second-order valence-electron chi connectivity index (χ2n) is 17.0. The Morgan fingerprint density at radius 2 is 0.625 bits per heavy atom. The maximum Gasteiger partial charge on any atom is 0.0470 e. The molecule has 4 heteroatoms. The Labute approximate surface area is 336 Å². The highest BCUT2D eigenvalue weighted by Gasteiger charge is 2.27. The Balaban J connectivity index is 1.39. The van der Waals surface area contributed by atoms with E-state index in [1.54, 1.807) is 0 Å². The van der Waals surface area contributed by atoms with Gasteiger partial charge >= 0.3 is 0 Å². The molecule has 2 fully saturated rings. The Bertz CT molecular complexity index is 2060. The first kappa shape index (κ1) is 37.7. The molecule has 2 aliphatic carbocycles. The van der Waals surface area contributed by atoms with Crippen LogP contribution in [0.25, 0.3) is 10.8 Å². The number of anilines is 8. The van der Waals surface area contributed by atoms with Gasteiger partial charge in [-0.25, -0.2) is 0 Å². The first-order valence-electron chi connectivity index (χ1n) is 21.1. The number of benzene rings is 6. The molecule has 0 aromatic heterocycles. The number of rotatable bonds is 10. The predicted octanol–water partition coefficient (Wildman–Crippen LogP) is 14.6. The fourth-order valence-electron chi connectivity index (χ4n) is 9.33. The van der Waals surface area contributed by atoms with Crippen molar-refractivity contribution in [3.63, 3.8) is 0 Å². The van der Waals surface area contributed by atoms with Gasteiger partial charge in [0.2, 0.25) is 0 Å². The van der Waals surface area contributed by atoms with Crippen molar-refractivity contribution >= 4 is 56.3 Å². The molecule has 0 radical (unpaired) electrons. The maximum atomic E-state index is 2.58. The molecule has 0 unspecified atom stereocenters. The Morgan fingerprint density at radius 3 is 0.929 bits per heavy atom. The van der Waals surface area contributed by atoms with Crippen LogP contribution in [0.2, 0.25) is 0 Å². The second kappa shape index (κ2) is 16.5. The van der Waals surface area contributed by atoms with E-state index in [0.717, 1.165) is 0 Å². The minimum absolute atomic E-state index is 0.531. The van der Waals surface area contributed by atoms with Crippen molar-refractivity contribution in [1.82, 2.24) is 0 Å². The van der Waals surface area contributed by atoms with Crippen LogP contribution < -0.4 is 19.6 Å². The van der Waals surface area contributed by atoms with Gasteiger partial charge in [0.25, 0.3) is 0 Å². The number of hydrogen-bond donors (Lipinski definition) is 0. The summed E-state index contributed by atoms with van der Waals surface area (Å²) in [6.45, 7) is 4.36. The van der Waals surface area contributed by atoms with E-state index in [2.05, 4.69) is 183 Å². The van der Waals surface area contributed by atoms with Crippen LogP contribution in [-0.4, -0.2) is 28.2 Å². The first-order chi connectivity index (χ1) is 27.2. The van der Waals surface area contributed by atoms with Gasteiger partial charge in [0.15, 0.2) is 0 Å². The molecule has 56 heavy (non-hydrogen) atoms. The van der Waals surface area contributed by atoms with Gasteiger partial charge in [0.05, 0.1) is 0 Å². The van der Waals surface area contributed by atoms with Crippen LogP contribution in [0.3, 0.4) is 0 Å². The normalized spacial score (nSPS) is 15.2. The fourth-order valence-corrected chi connectivity index (χ4v) is 9.33. The summed E-state index contributed by atoms with van der Waals surface area (Å²) in [4.78, 5) is 9.38. The number of hydrogen-bond acceptors (Lipinski definition) is 4. The highest BCUT2D eigenvalue weighted by molar-refractivity contribution is 5.98. The van der Waals surface area contributed by atoms with Crippen molar-refractivity contribution in [3.05, 3.63) is 144 Å². The molecule has 8 rings (SSSR count). The van der Waals surface area contributed by atoms with Gasteiger partial charge in [-0.3, -0.25) is 0 Å². The Kier molecular flexibility index (Phi) is 11.1. The third kappa shape index (κ3) is 7.89. The van der Waals surface area contributed by atoms with Crippen molar-refractivity contribution in [2.45, 2.75) is 89.9 Å². The lowest BCUT2D eigenvalue weighted by molar-refractivity contribution is 0.444. The quantitative estimate of drug-likeness (QED) is 0.139. The van der Waals surface area contributed by atoms with Crippen LogP contribution in [0.5, 0.6) is 0 Å². The topological polar surface area (TPSA) is 13.0 Å². The average molecular weight is 741 g/mol. The molecule has 0 spiro atoms. The molecule has 0 atom stereocenters. The van der Waals surface area contributed by atoms with Crippen LogP contribution in [0.15, 0.2) is 121 Å². The van der Waals surface area contributed by atoms with Crippen molar-refractivity contribution in [2.75, 3.05) is 47.8 Å². The molecule has 0 bridgehead atoms. The van der Waals surface area contributed by atoms with Gasteiger partial charge in [0, 0.05) is 73.7 Å². The zero-order chi connectivity index (χ0) is 38.8. The van der Waals surface area contributed by atoms with Crippen molar-refractivity contribution < 1.29 is 0 Å². The molecule has 2 aliphatic rings. The van der Waals surface area contributed by atoms with Gasteiger partial charge in [-0.15, -0.1) is 0 Å². The summed E-state index contributed by atoms with van der Waals surface area (Å²) < 4.78 is 0. The summed E-state index contributed by atoms with van der Waals surface area (Å²) >= 11 is 0. The summed E-state index contributed by atoms with van der Waals surface area (Å²) in [6, 6.07) is 46.7. The molecular formula is C52H60N4. The van der Waals surface area contributed by atoms with E-state index >= 15 is 0 Å². The molecule has 0 saturated heterocycles. The molecule has 288 valence electrons. The van der Waals surface area contributed by atoms with Crippen LogP contribution in [0, 0.1) is 13.8 Å². The molecule has 6 aromatic carbocycles. The van der Waals surface area contributed by atoms with Crippen LogP contribution >= 0.6 is 0 Å². The third-order valence-corrected chi connectivity index (χ3v) is 12.5. The van der Waals surface area contributed by atoms with E-state index in [0.29, 0.717) is 11.8 Å². The molecule has 0 aliphatic heterocycles. The smallest absolute Gasteiger partial charge is 0.0470 e. The van der Waals surface area contributed by atoms with E-state index < -0.39 is 0 Å². The Morgan fingerprint density at radius 1 is 0.339 bits per heavy atom. The minimum atomic E-state index is 0.531. The lowest BCUT2D eigenvalue weighted by Crippen LogP contribution is -2.15. The lowest BCUT2D eigenvalue weighted by atomic mass is 9.78. The van der Waals surface area contributed by atoms with Gasteiger partial charge in [0.1, 0.15) is 0 Å². The molecule has 6 aromatic rings. The number of fused-ring (bicyclic) bond motifs is 1. The summed E-state index contributed by atoms with van der Waals surface area (Å²) in [5.74, 6) is 1.06. The van der Waals surface area contributed by atoms with E-state index in [1.165, 1.54) is 143 Å². The monoisotopic (exact) mass is 740 g/mol. The summed E-state index contributed by atoms with van der Waals surface area (Å²) in [5.41, 5.74) is 15.3. The van der Waals surface area contributed by atoms with Crippen LogP contribution in [0.1, 0.15) is 98.3 Å². The van der Waals surface area contributed by atoms with Gasteiger partial charge in [-0.05, 0) is 170 Å². The minimum Gasteiger partial charge on any atom is -0.378 e. The summed E-state index contributed by atoms with van der Waals surface area (Å²) in [7, 11) is 8.47. The standard InChI is InChI=1S/C52H60N4/c1-37-17-21-43(22-18-37)55(45-29-25-41(26-30-45)53(3)4)47-33-49(39-13-9-7-10-14-39)52-36-48(34-50(51(52)35-47)40-15-11-8-12-16-40)56(44-23-19-38(2)20-24-44)46-31-27-42(28-32-46)54(5)6/h17-36,39-40H,7-16H2,1-6H3.